The maximum absolute atomic E-state index is 9.75. The number of methoxy groups -OCH3 is 2. The number of hydrogen-bond acceptors (Lipinski definition) is 6. The number of aliphatic hydroxyl groups is 2. The van der Waals surface area contributed by atoms with E-state index in [4.69, 9.17) is 35.7 Å². The smallest absolute Gasteiger partial charge is 0.179 e. The van der Waals surface area contributed by atoms with Crippen LogP contribution in [0.3, 0.4) is 0 Å². The summed E-state index contributed by atoms with van der Waals surface area (Å²) in [5.74, 6) is 0.728. The molecule has 120 valence electrons. The Morgan fingerprint density at radius 3 is 2.57 bits per heavy atom. The van der Waals surface area contributed by atoms with Crippen molar-refractivity contribution in [2.45, 2.75) is 12.7 Å². The first kappa shape index (κ1) is 18.0. The molecule has 0 saturated heterocycles. The first-order valence-corrected chi connectivity index (χ1v) is 6.85. The van der Waals surface area contributed by atoms with Crippen LogP contribution in [0.15, 0.2) is 12.1 Å². The van der Waals surface area contributed by atoms with Gasteiger partial charge in [-0.15, -0.1) is 0 Å². The van der Waals surface area contributed by atoms with Crippen molar-refractivity contribution in [3.63, 3.8) is 0 Å². The third-order valence-electron chi connectivity index (χ3n) is 2.63. The van der Waals surface area contributed by atoms with Gasteiger partial charge in [-0.2, -0.15) is 0 Å². The first-order chi connectivity index (χ1) is 10.1. The summed E-state index contributed by atoms with van der Waals surface area (Å²) >= 11 is 6.08. The van der Waals surface area contributed by atoms with Gasteiger partial charge in [-0.1, -0.05) is 11.6 Å². The molecule has 7 heteroatoms. The van der Waals surface area contributed by atoms with Gasteiger partial charge in [0.2, 0.25) is 0 Å². The Hall–Kier alpha value is -1.05. The monoisotopic (exact) mass is 320 g/mol. The van der Waals surface area contributed by atoms with E-state index in [1.165, 1.54) is 7.11 Å². The minimum Gasteiger partial charge on any atom is -0.493 e. The maximum atomic E-state index is 9.75. The van der Waals surface area contributed by atoms with Crippen LogP contribution in [0.1, 0.15) is 5.56 Å². The Morgan fingerprint density at radius 2 is 1.95 bits per heavy atom. The third-order valence-corrected chi connectivity index (χ3v) is 2.91. The highest BCUT2D eigenvalue weighted by molar-refractivity contribution is 6.32. The maximum Gasteiger partial charge on any atom is 0.179 e. The molecule has 2 N–H and O–H groups in total. The number of hydrogen-bond donors (Lipinski definition) is 2. The Kier molecular flexibility index (Phi) is 8.41. The van der Waals surface area contributed by atoms with Crippen molar-refractivity contribution in [3.8, 4) is 11.5 Å². The molecule has 0 saturated carbocycles. The van der Waals surface area contributed by atoms with E-state index >= 15 is 0 Å². The van der Waals surface area contributed by atoms with Gasteiger partial charge in [0, 0.05) is 7.11 Å². The number of benzene rings is 1. The predicted octanol–water partition coefficient (Wildman–Crippen LogP) is 1.24. The molecule has 0 aliphatic heterocycles. The minimum atomic E-state index is -0.792. The molecule has 21 heavy (non-hydrogen) atoms. The van der Waals surface area contributed by atoms with Crippen LogP contribution in [0, 0.1) is 0 Å². The lowest BCUT2D eigenvalue weighted by Gasteiger charge is -2.16. The second-order valence-electron chi connectivity index (χ2n) is 4.30. The van der Waals surface area contributed by atoms with Crippen molar-refractivity contribution >= 4 is 11.6 Å². The summed E-state index contributed by atoms with van der Waals surface area (Å²) in [5, 5.41) is 19.2. The standard InChI is InChI=1S/C14H21ClO6/c1-18-3-4-20-8-11(17)9-21-14-12(15)5-10(7-16)6-13(14)19-2/h5-6,11,16-17H,3-4,7-9H2,1-2H3. The lowest BCUT2D eigenvalue weighted by Crippen LogP contribution is -2.24. The van der Waals surface area contributed by atoms with Gasteiger partial charge >= 0.3 is 0 Å². The second-order valence-corrected chi connectivity index (χ2v) is 4.71. The summed E-state index contributed by atoms with van der Waals surface area (Å²) < 4.78 is 20.7. The molecule has 0 radical (unpaired) electrons. The molecule has 0 aromatic heterocycles. The molecular formula is C14H21ClO6. The van der Waals surface area contributed by atoms with Crippen molar-refractivity contribution in [3.05, 3.63) is 22.7 Å². The van der Waals surface area contributed by atoms with E-state index in [2.05, 4.69) is 0 Å². The molecule has 1 aromatic rings. The second kappa shape index (κ2) is 9.81. The molecule has 0 fully saturated rings. The molecule has 0 heterocycles. The zero-order chi connectivity index (χ0) is 15.7. The lowest BCUT2D eigenvalue weighted by molar-refractivity contribution is -0.00449. The van der Waals surface area contributed by atoms with Crippen LogP contribution in [-0.4, -0.2) is 57.0 Å². The summed E-state index contributed by atoms with van der Waals surface area (Å²) in [6, 6.07) is 3.21. The van der Waals surface area contributed by atoms with E-state index in [0.717, 1.165) is 0 Å². The Morgan fingerprint density at radius 1 is 1.19 bits per heavy atom. The summed E-state index contributed by atoms with van der Waals surface area (Å²) in [6.07, 6.45) is -0.792. The highest BCUT2D eigenvalue weighted by atomic mass is 35.5. The predicted molar refractivity (Wildman–Crippen MR) is 78.1 cm³/mol. The fourth-order valence-electron chi connectivity index (χ4n) is 1.59. The topological polar surface area (TPSA) is 77.4 Å². The molecule has 1 atom stereocenters. The largest absolute Gasteiger partial charge is 0.493 e. The van der Waals surface area contributed by atoms with Crippen LogP contribution in [-0.2, 0) is 16.1 Å². The lowest BCUT2D eigenvalue weighted by atomic mass is 10.2. The zero-order valence-electron chi connectivity index (χ0n) is 12.2. The van der Waals surface area contributed by atoms with Gasteiger partial charge < -0.3 is 29.2 Å². The van der Waals surface area contributed by atoms with Gasteiger partial charge in [0.05, 0.1) is 38.6 Å². The Balaban J connectivity index is 2.54. The number of rotatable bonds is 10. The normalized spacial score (nSPS) is 12.2. The van der Waals surface area contributed by atoms with Gasteiger partial charge in [-0.3, -0.25) is 0 Å². The summed E-state index contributed by atoms with van der Waals surface area (Å²) in [4.78, 5) is 0. The van der Waals surface area contributed by atoms with Gasteiger partial charge in [0.1, 0.15) is 12.7 Å². The van der Waals surface area contributed by atoms with Crippen molar-refractivity contribution < 1.29 is 29.2 Å². The average molecular weight is 321 g/mol. The molecule has 1 aromatic carbocycles. The summed E-state index contributed by atoms with van der Waals surface area (Å²) in [5.41, 5.74) is 0.618. The van der Waals surface area contributed by atoms with E-state index in [-0.39, 0.29) is 19.8 Å². The van der Waals surface area contributed by atoms with E-state index < -0.39 is 6.10 Å². The summed E-state index contributed by atoms with van der Waals surface area (Å²) in [6.45, 7) is 0.880. The highest BCUT2D eigenvalue weighted by Crippen LogP contribution is 2.36. The number of ether oxygens (including phenoxy) is 4. The van der Waals surface area contributed by atoms with Gasteiger partial charge in [0.15, 0.2) is 11.5 Å². The molecule has 0 aliphatic rings. The first-order valence-electron chi connectivity index (χ1n) is 6.47. The van der Waals surface area contributed by atoms with Crippen molar-refractivity contribution in [2.75, 3.05) is 40.6 Å². The Bertz CT molecular complexity index is 426. The van der Waals surface area contributed by atoms with Gasteiger partial charge in [-0.25, -0.2) is 0 Å². The van der Waals surface area contributed by atoms with Crippen molar-refractivity contribution in [2.24, 2.45) is 0 Å². The van der Waals surface area contributed by atoms with Gasteiger partial charge in [-0.05, 0) is 17.7 Å². The van der Waals surface area contributed by atoms with E-state index in [1.54, 1.807) is 19.2 Å². The molecule has 0 spiro atoms. The SMILES string of the molecule is COCCOCC(O)COc1c(Cl)cc(CO)cc1OC. The molecule has 1 unspecified atom stereocenters. The molecule has 0 amide bonds. The molecular weight excluding hydrogens is 300 g/mol. The summed E-state index contributed by atoms with van der Waals surface area (Å²) in [7, 11) is 3.05. The van der Waals surface area contributed by atoms with Crippen molar-refractivity contribution in [1.82, 2.24) is 0 Å². The fourth-order valence-corrected chi connectivity index (χ4v) is 1.88. The van der Waals surface area contributed by atoms with Crippen LogP contribution < -0.4 is 9.47 Å². The Labute approximate surface area is 129 Å². The van der Waals surface area contributed by atoms with Crippen LogP contribution in [0.25, 0.3) is 0 Å². The van der Waals surface area contributed by atoms with Crippen LogP contribution in [0.2, 0.25) is 5.02 Å². The fraction of sp³-hybridized carbons (Fsp3) is 0.571. The van der Waals surface area contributed by atoms with Crippen LogP contribution in [0.5, 0.6) is 11.5 Å². The zero-order valence-corrected chi connectivity index (χ0v) is 12.9. The number of aliphatic hydroxyl groups excluding tert-OH is 2. The van der Waals surface area contributed by atoms with E-state index in [9.17, 15) is 5.11 Å². The molecule has 0 aliphatic carbocycles. The highest BCUT2D eigenvalue weighted by Gasteiger charge is 2.14. The van der Waals surface area contributed by atoms with Crippen LogP contribution >= 0.6 is 11.6 Å². The third kappa shape index (κ3) is 6.07. The van der Waals surface area contributed by atoms with Crippen molar-refractivity contribution in [1.29, 1.82) is 0 Å². The number of halogens is 1. The molecule has 1 rings (SSSR count). The molecule has 0 bridgehead atoms. The average Bonchev–Trinajstić information content (AvgIpc) is 2.49. The quantitative estimate of drug-likeness (QED) is 0.632. The minimum absolute atomic E-state index is 0.0154. The molecule has 6 nitrogen and oxygen atoms in total. The van der Waals surface area contributed by atoms with E-state index in [1.807, 2.05) is 0 Å². The van der Waals surface area contributed by atoms with Gasteiger partial charge in [0.25, 0.3) is 0 Å². The van der Waals surface area contributed by atoms with Crippen LogP contribution in [0.4, 0.5) is 0 Å². The van der Waals surface area contributed by atoms with E-state index in [0.29, 0.717) is 35.3 Å².